The summed E-state index contributed by atoms with van der Waals surface area (Å²) in [5.41, 5.74) is 1.16. The Kier molecular flexibility index (Phi) is 15.1. The largest absolute Gasteiger partial charge is 0.465 e. The van der Waals surface area contributed by atoms with Gasteiger partial charge in [-0.05, 0) is 83.1 Å². The highest BCUT2D eigenvalue weighted by atomic mass is 31.2. The topological polar surface area (TPSA) is 116 Å². The highest BCUT2D eigenvalue weighted by molar-refractivity contribution is 7.53. The lowest BCUT2D eigenvalue weighted by Gasteiger charge is -2.47. The van der Waals surface area contributed by atoms with E-state index >= 15 is 0 Å². The van der Waals surface area contributed by atoms with Crippen molar-refractivity contribution in [2.24, 2.45) is 5.41 Å². The van der Waals surface area contributed by atoms with E-state index in [1.807, 2.05) is 48.5 Å². The molecule has 5 rings (SSSR count). The van der Waals surface area contributed by atoms with Crippen LogP contribution in [0.3, 0.4) is 0 Å². The molecule has 0 unspecified atom stereocenters. The Hall–Kier alpha value is -2.89. The molecule has 2 aliphatic rings. The lowest BCUT2D eigenvalue weighted by atomic mass is 9.91. The van der Waals surface area contributed by atoms with Gasteiger partial charge in [0.05, 0.1) is 48.6 Å². The maximum Gasteiger partial charge on any atom is 0.340 e. The maximum absolute atomic E-state index is 13.8. The Morgan fingerprint density at radius 3 is 1.98 bits per heavy atom. The first-order valence-electron chi connectivity index (χ1n) is 20.6. The zero-order chi connectivity index (χ0) is 41.6. The lowest BCUT2D eigenvalue weighted by molar-refractivity contribution is -0.154. The van der Waals surface area contributed by atoms with Crippen molar-refractivity contribution >= 4 is 32.3 Å². The van der Waals surface area contributed by atoms with Crippen molar-refractivity contribution in [3.05, 3.63) is 90.7 Å². The molecule has 314 valence electrons. The van der Waals surface area contributed by atoms with E-state index in [9.17, 15) is 9.36 Å². The van der Waals surface area contributed by atoms with Crippen molar-refractivity contribution in [2.45, 2.75) is 162 Å². The van der Waals surface area contributed by atoms with Crippen LogP contribution in [-0.4, -0.2) is 62.5 Å². The number of carbonyl (C=O) groups is 1. The molecular weight excluding hydrogens is 758 g/mol. The molecule has 0 spiro atoms. The van der Waals surface area contributed by atoms with E-state index in [1.54, 1.807) is 6.26 Å². The van der Waals surface area contributed by atoms with Crippen LogP contribution in [-0.2, 0) is 43.2 Å². The molecule has 2 saturated heterocycles. The summed E-state index contributed by atoms with van der Waals surface area (Å²) in [5.74, 6) is 0.0488. The monoisotopic (exact) mass is 823 g/mol. The Morgan fingerprint density at radius 2 is 1.44 bits per heavy atom. The number of oxazole rings is 1. The molecule has 0 bridgehead atoms. The zero-order valence-electron chi connectivity index (χ0n) is 35.8. The molecule has 0 amide bonds. The van der Waals surface area contributed by atoms with Gasteiger partial charge in [-0.2, -0.15) is 0 Å². The average Bonchev–Trinajstić information content (AvgIpc) is 3.57. The SMILES string of the molecule is C=C1C[C@H](C[C@@H]2C[C@@H](O[Si](c3ccccc3)(c3ccccc3)C(C)(C)C)C[C@H](c3coc(CP(=O)(OC(C)C)OC(C)C)n3)O2)O[C@@H](CCOC(=O)C(C)(C)C)C1. The van der Waals surface area contributed by atoms with E-state index in [0.29, 0.717) is 38.0 Å². The molecule has 57 heavy (non-hydrogen) atoms. The number of rotatable bonds is 16. The van der Waals surface area contributed by atoms with Gasteiger partial charge in [-0.3, -0.25) is 9.36 Å². The van der Waals surface area contributed by atoms with Crippen LogP contribution in [0.2, 0.25) is 5.04 Å². The molecule has 2 aliphatic heterocycles. The van der Waals surface area contributed by atoms with Crippen molar-refractivity contribution < 1.29 is 41.5 Å². The number of hydrogen-bond acceptors (Lipinski definition) is 10. The molecule has 5 atom stereocenters. The molecule has 3 heterocycles. The van der Waals surface area contributed by atoms with E-state index in [4.69, 9.17) is 37.1 Å². The average molecular weight is 824 g/mol. The third-order valence-corrected chi connectivity index (χ3v) is 17.6. The van der Waals surface area contributed by atoms with Crippen LogP contribution < -0.4 is 10.4 Å². The number of carbonyl (C=O) groups excluding carboxylic acids is 1. The number of benzene rings is 2. The smallest absolute Gasteiger partial charge is 0.340 e. The van der Waals surface area contributed by atoms with Crippen molar-refractivity contribution in [1.29, 1.82) is 0 Å². The number of aromatic nitrogens is 1. The fraction of sp³-hybridized carbons (Fsp3) is 0.600. The van der Waals surface area contributed by atoms with Crippen molar-refractivity contribution in [3.63, 3.8) is 0 Å². The predicted molar refractivity (Wildman–Crippen MR) is 226 cm³/mol. The first kappa shape index (κ1) is 45.2. The minimum atomic E-state index is -3.55. The number of ether oxygens (including phenoxy) is 3. The predicted octanol–water partition coefficient (Wildman–Crippen LogP) is 9.86. The van der Waals surface area contributed by atoms with E-state index in [1.165, 1.54) is 10.4 Å². The lowest BCUT2D eigenvalue weighted by Crippen LogP contribution is -2.68. The van der Waals surface area contributed by atoms with Gasteiger partial charge in [0.25, 0.3) is 8.32 Å². The number of esters is 1. The Balaban J connectivity index is 1.44. The Labute approximate surface area is 342 Å². The number of nitrogens with zero attached hydrogens (tertiary/aromatic N) is 1. The van der Waals surface area contributed by atoms with Gasteiger partial charge >= 0.3 is 13.6 Å². The van der Waals surface area contributed by atoms with Crippen LogP contribution in [0.25, 0.3) is 0 Å². The fourth-order valence-electron chi connectivity index (χ4n) is 8.00. The van der Waals surface area contributed by atoms with E-state index < -0.39 is 27.4 Å². The van der Waals surface area contributed by atoms with Gasteiger partial charge in [0.2, 0.25) is 5.89 Å². The first-order chi connectivity index (χ1) is 26.8. The normalized spacial score (nSPS) is 22.6. The van der Waals surface area contributed by atoms with Crippen molar-refractivity contribution in [2.75, 3.05) is 6.61 Å². The highest BCUT2D eigenvalue weighted by Crippen LogP contribution is 2.53. The summed E-state index contributed by atoms with van der Waals surface area (Å²) >= 11 is 0. The first-order valence-corrected chi connectivity index (χ1v) is 24.2. The highest BCUT2D eigenvalue weighted by Gasteiger charge is 2.52. The van der Waals surface area contributed by atoms with Crippen LogP contribution >= 0.6 is 7.60 Å². The van der Waals surface area contributed by atoms with Gasteiger partial charge in [0, 0.05) is 19.3 Å². The summed E-state index contributed by atoms with van der Waals surface area (Å²) < 4.78 is 58.3. The molecule has 0 N–H and O–H groups in total. The minimum Gasteiger partial charge on any atom is -0.465 e. The standard InChI is InChI=1S/C45H66NO9PSi/c1-31(2)53-56(48,54-32(3)4)30-42-46-40(29-50-42)41-28-37(55-57(45(9,10)11,38-18-14-12-15-19-38)39-20-16-13-17-21-39)27-36(52-41)26-35-25-33(5)24-34(51-35)22-23-49-43(47)44(6,7)8/h12-21,29,31-32,34-37,41H,5,22-28,30H2,1-4,6-11H3/t34-,35+,36+,37+,41+/m0/s1. The third-order valence-electron chi connectivity index (χ3n) is 10.3. The van der Waals surface area contributed by atoms with Crippen LogP contribution in [0.4, 0.5) is 0 Å². The summed E-state index contributed by atoms with van der Waals surface area (Å²) in [4.78, 5) is 17.3. The summed E-state index contributed by atoms with van der Waals surface area (Å²) in [5, 5.41) is 2.20. The maximum atomic E-state index is 13.8. The van der Waals surface area contributed by atoms with Crippen LogP contribution in [0, 0.1) is 5.41 Å². The van der Waals surface area contributed by atoms with E-state index in [2.05, 4.69) is 88.0 Å². The second kappa shape index (κ2) is 19.0. The van der Waals surface area contributed by atoms with Crippen molar-refractivity contribution in [3.8, 4) is 0 Å². The molecule has 12 heteroatoms. The molecule has 0 radical (unpaired) electrons. The molecule has 3 aromatic rings. The van der Waals surface area contributed by atoms with E-state index in [-0.39, 0.29) is 59.7 Å². The van der Waals surface area contributed by atoms with Gasteiger partial charge in [0.15, 0.2) is 0 Å². The zero-order valence-corrected chi connectivity index (χ0v) is 37.7. The molecule has 10 nitrogen and oxygen atoms in total. The second-order valence-electron chi connectivity index (χ2n) is 18.3. The van der Waals surface area contributed by atoms with Gasteiger partial charge in [0.1, 0.15) is 24.2 Å². The summed E-state index contributed by atoms with van der Waals surface area (Å²) in [6, 6.07) is 21.3. The van der Waals surface area contributed by atoms with Crippen molar-refractivity contribution in [1.82, 2.24) is 4.98 Å². The Morgan fingerprint density at radius 1 is 0.860 bits per heavy atom. The molecule has 2 aromatic carbocycles. The molecule has 0 aliphatic carbocycles. The van der Waals surface area contributed by atoms with Crippen LogP contribution in [0.1, 0.15) is 125 Å². The molecule has 0 saturated carbocycles. The van der Waals surface area contributed by atoms with Gasteiger partial charge in [-0.1, -0.05) is 93.6 Å². The van der Waals surface area contributed by atoms with Crippen LogP contribution in [0.15, 0.2) is 83.5 Å². The second-order valence-corrected chi connectivity index (χ2v) is 24.5. The summed E-state index contributed by atoms with van der Waals surface area (Å²) in [6.45, 7) is 24.4. The molecule has 1 aromatic heterocycles. The Bertz CT molecular complexity index is 1750. The van der Waals surface area contributed by atoms with Gasteiger partial charge in [-0.15, -0.1) is 0 Å². The van der Waals surface area contributed by atoms with Gasteiger partial charge < -0.3 is 32.1 Å². The molecule has 2 fully saturated rings. The van der Waals surface area contributed by atoms with E-state index in [0.717, 1.165) is 18.4 Å². The minimum absolute atomic E-state index is 0.0913. The number of hydrogen-bond donors (Lipinski definition) is 0. The van der Waals surface area contributed by atoms with Gasteiger partial charge in [-0.25, -0.2) is 4.98 Å². The summed E-state index contributed by atoms with van der Waals surface area (Å²) in [6.07, 6.45) is 3.65. The van der Waals surface area contributed by atoms with Crippen LogP contribution in [0.5, 0.6) is 0 Å². The molecular formula is C45H66NO9PSi. The fourth-order valence-corrected chi connectivity index (χ4v) is 14.7. The summed E-state index contributed by atoms with van der Waals surface area (Å²) in [7, 11) is -6.47. The quantitative estimate of drug-likeness (QED) is 0.0599. The third kappa shape index (κ3) is 12.1.